The standard InChI is InChI=1S/C22H25NO4/c1-4-25-18-8-6-17(7-9-18)14-23-20-16(3)12-15(2)13-19(20)22(21(23)24)26-10-5-11-27-22/h6-9,12-13H,4-5,10-11,14H2,1-3H3. The molecule has 1 spiro atoms. The second-order valence-electron chi connectivity index (χ2n) is 7.11. The summed E-state index contributed by atoms with van der Waals surface area (Å²) in [5, 5.41) is 0. The molecule has 1 fully saturated rings. The fourth-order valence-corrected chi connectivity index (χ4v) is 3.97. The topological polar surface area (TPSA) is 48.0 Å². The van der Waals surface area contributed by atoms with Crippen LogP contribution in [-0.2, 0) is 26.6 Å². The molecule has 2 aromatic rings. The predicted molar refractivity (Wildman–Crippen MR) is 103 cm³/mol. The van der Waals surface area contributed by atoms with Gasteiger partial charge in [-0.2, -0.15) is 0 Å². The maximum atomic E-state index is 13.4. The number of hydrogen-bond donors (Lipinski definition) is 0. The molecular formula is C22H25NO4. The van der Waals surface area contributed by atoms with Crippen LogP contribution in [0.4, 0.5) is 5.69 Å². The van der Waals surface area contributed by atoms with Gasteiger partial charge in [0.15, 0.2) is 0 Å². The van der Waals surface area contributed by atoms with E-state index in [1.54, 1.807) is 4.90 Å². The number of amides is 1. The van der Waals surface area contributed by atoms with Gasteiger partial charge in [0.05, 0.1) is 32.1 Å². The lowest BCUT2D eigenvalue weighted by molar-refractivity contribution is -0.256. The summed E-state index contributed by atoms with van der Waals surface area (Å²) in [4.78, 5) is 15.2. The lowest BCUT2D eigenvalue weighted by atomic mass is 10.00. The number of benzene rings is 2. The molecule has 0 N–H and O–H groups in total. The third-order valence-corrected chi connectivity index (χ3v) is 5.07. The minimum Gasteiger partial charge on any atom is -0.494 e. The number of nitrogens with zero attached hydrogens (tertiary/aromatic N) is 1. The van der Waals surface area contributed by atoms with Gasteiger partial charge in [-0.25, -0.2) is 0 Å². The van der Waals surface area contributed by atoms with Crippen LogP contribution in [0.25, 0.3) is 0 Å². The molecule has 1 amide bonds. The molecule has 0 radical (unpaired) electrons. The van der Waals surface area contributed by atoms with E-state index in [1.807, 2.05) is 51.1 Å². The number of carbonyl (C=O) groups excluding carboxylic acids is 1. The van der Waals surface area contributed by atoms with Gasteiger partial charge >= 0.3 is 0 Å². The maximum Gasteiger partial charge on any atom is 0.292 e. The zero-order valence-corrected chi connectivity index (χ0v) is 16.1. The Hall–Kier alpha value is -2.37. The Bertz CT molecular complexity index is 853. The van der Waals surface area contributed by atoms with Crippen LogP contribution in [0.1, 0.15) is 35.6 Å². The van der Waals surface area contributed by atoms with Gasteiger partial charge in [0.2, 0.25) is 0 Å². The zero-order chi connectivity index (χ0) is 19.0. The van der Waals surface area contributed by atoms with Crippen molar-refractivity contribution in [3.8, 4) is 5.75 Å². The molecule has 142 valence electrons. The van der Waals surface area contributed by atoms with Gasteiger partial charge in [0.25, 0.3) is 11.7 Å². The molecule has 2 aliphatic rings. The van der Waals surface area contributed by atoms with Crippen molar-refractivity contribution in [2.24, 2.45) is 0 Å². The summed E-state index contributed by atoms with van der Waals surface area (Å²) in [6.45, 7) is 8.17. The van der Waals surface area contributed by atoms with E-state index in [0.717, 1.165) is 40.1 Å². The van der Waals surface area contributed by atoms with Crippen LogP contribution < -0.4 is 9.64 Å². The Morgan fingerprint density at radius 3 is 2.48 bits per heavy atom. The monoisotopic (exact) mass is 367 g/mol. The zero-order valence-electron chi connectivity index (χ0n) is 16.1. The van der Waals surface area contributed by atoms with Crippen molar-refractivity contribution < 1.29 is 19.0 Å². The summed E-state index contributed by atoms with van der Waals surface area (Å²) in [7, 11) is 0. The summed E-state index contributed by atoms with van der Waals surface area (Å²) in [6, 6.07) is 12.0. The van der Waals surface area contributed by atoms with E-state index in [-0.39, 0.29) is 5.91 Å². The first-order chi connectivity index (χ1) is 13.0. The summed E-state index contributed by atoms with van der Waals surface area (Å²) >= 11 is 0. The molecule has 0 aliphatic carbocycles. The molecule has 5 nitrogen and oxygen atoms in total. The molecule has 27 heavy (non-hydrogen) atoms. The summed E-state index contributed by atoms with van der Waals surface area (Å²) < 4.78 is 17.4. The first-order valence-electron chi connectivity index (χ1n) is 9.48. The van der Waals surface area contributed by atoms with Gasteiger partial charge < -0.3 is 19.1 Å². The fourth-order valence-electron chi connectivity index (χ4n) is 3.97. The van der Waals surface area contributed by atoms with Crippen molar-refractivity contribution in [1.82, 2.24) is 0 Å². The number of aryl methyl sites for hydroxylation is 2. The van der Waals surface area contributed by atoms with E-state index in [2.05, 4.69) is 6.07 Å². The average Bonchev–Trinajstić information content (AvgIpc) is 2.87. The third kappa shape index (κ3) is 3.01. The first-order valence-corrected chi connectivity index (χ1v) is 9.48. The van der Waals surface area contributed by atoms with E-state index in [0.29, 0.717) is 26.4 Å². The second-order valence-corrected chi connectivity index (χ2v) is 7.11. The molecule has 4 rings (SSSR count). The molecular weight excluding hydrogens is 342 g/mol. The van der Waals surface area contributed by atoms with Crippen LogP contribution in [-0.4, -0.2) is 25.7 Å². The minimum atomic E-state index is -1.30. The molecule has 2 heterocycles. The third-order valence-electron chi connectivity index (χ3n) is 5.07. The van der Waals surface area contributed by atoms with Crippen LogP contribution in [0.3, 0.4) is 0 Å². The average molecular weight is 367 g/mol. The van der Waals surface area contributed by atoms with E-state index in [4.69, 9.17) is 14.2 Å². The van der Waals surface area contributed by atoms with Crippen molar-refractivity contribution in [2.45, 2.75) is 39.5 Å². The Morgan fingerprint density at radius 1 is 1.11 bits per heavy atom. The quantitative estimate of drug-likeness (QED) is 0.824. The highest BCUT2D eigenvalue weighted by Gasteiger charge is 2.55. The lowest BCUT2D eigenvalue weighted by Gasteiger charge is -2.32. The van der Waals surface area contributed by atoms with Crippen molar-refractivity contribution in [3.05, 3.63) is 58.7 Å². The Labute approximate surface area is 159 Å². The summed E-state index contributed by atoms with van der Waals surface area (Å²) in [5.74, 6) is -0.605. The van der Waals surface area contributed by atoms with Gasteiger partial charge in [-0.3, -0.25) is 4.79 Å². The largest absolute Gasteiger partial charge is 0.494 e. The van der Waals surface area contributed by atoms with E-state index >= 15 is 0 Å². The van der Waals surface area contributed by atoms with Crippen LogP contribution in [0.2, 0.25) is 0 Å². The highest BCUT2D eigenvalue weighted by molar-refractivity contribution is 6.07. The van der Waals surface area contributed by atoms with Crippen molar-refractivity contribution in [3.63, 3.8) is 0 Å². The fraction of sp³-hybridized carbons (Fsp3) is 0.409. The molecule has 0 bridgehead atoms. The highest BCUT2D eigenvalue weighted by atomic mass is 16.7. The molecule has 1 saturated heterocycles. The Balaban J connectivity index is 1.72. The maximum absolute atomic E-state index is 13.4. The Morgan fingerprint density at radius 2 is 1.81 bits per heavy atom. The van der Waals surface area contributed by atoms with E-state index < -0.39 is 5.79 Å². The number of anilines is 1. The van der Waals surface area contributed by atoms with Gasteiger partial charge in [0.1, 0.15) is 5.75 Å². The predicted octanol–water partition coefficient (Wildman–Crippen LogP) is 3.84. The smallest absolute Gasteiger partial charge is 0.292 e. The molecule has 0 saturated carbocycles. The number of hydrogen-bond acceptors (Lipinski definition) is 4. The highest BCUT2D eigenvalue weighted by Crippen LogP contribution is 2.47. The molecule has 0 atom stereocenters. The van der Waals surface area contributed by atoms with Gasteiger partial charge in [-0.15, -0.1) is 0 Å². The van der Waals surface area contributed by atoms with Crippen molar-refractivity contribution in [1.29, 1.82) is 0 Å². The minimum absolute atomic E-state index is 0.139. The Kier molecular flexibility index (Phi) is 4.66. The van der Waals surface area contributed by atoms with Crippen LogP contribution in [0.15, 0.2) is 36.4 Å². The summed E-state index contributed by atoms with van der Waals surface area (Å²) in [5.41, 5.74) is 4.92. The van der Waals surface area contributed by atoms with E-state index in [1.165, 1.54) is 0 Å². The first kappa shape index (κ1) is 18.0. The number of fused-ring (bicyclic) bond motifs is 2. The molecule has 2 aromatic carbocycles. The van der Waals surface area contributed by atoms with E-state index in [9.17, 15) is 4.79 Å². The normalized spacial score (nSPS) is 18.0. The SMILES string of the molecule is CCOc1ccc(CN2C(=O)C3(OCCCO3)c3cc(C)cc(C)c32)cc1. The summed E-state index contributed by atoms with van der Waals surface area (Å²) in [6.07, 6.45) is 0.800. The number of carbonyl (C=O) groups is 1. The molecule has 0 unspecified atom stereocenters. The van der Waals surface area contributed by atoms with Gasteiger partial charge in [0, 0.05) is 5.56 Å². The number of rotatable bonds is 4. The van der Waals surface area contributed by atoms with Crippen LogP contribution in [0, 0.1) is 13.8 Å². The molecule has 5 heteroatoms. The van der Waals surface area contributed by atoms with Crippen molar-refractivity contribution >= 4 is 11.6 Å². The number of ether oxygens (including phenoxy) is 3. The van der Waals surface area contributed by atoms with Gasteiger partial charge in [-0.05, 0) is 56.5 Å². The van der Waals surface area contributed by atoms with Gasteiger partial charge in [-0.1, -0.05) is 23.8 Å². The van der Waals surface area contributed by atoms with Crippen molar-refractivity contribution in [2.75, 3.05) is 24.7 Å². The van der Waals surface area contributed by atoms with Crippen LogP contribution in [0.5, 0.6) is 5.75 Å². The lowest BCUT2D eigenvalue weighted by Crippen LogP contribution is -2.47. The second kappa shape index (κ2) is 6.98. The molecule has 0 aromatic heterocycles. The molecule has 2 aliphatic heterocycles. The van der Waals surface area contributed by atoms with Crippen LogP contribution >= 0.6 is 0 Å².